The lowest BCUT2D eigenvalue weighted by Crippen LogP contribution is -2.42. The monoisotopic (exact) mass is 406 g/mol. The van der Waals surface area contributed by atoms with Crippen LogP contribution < -0.4 is 9.47 Å². The molecule has 1 aliphatic heterocycles. The van der Waals surface area contributed by atoms with E-state index in [2.05, 4.69) is 5.73 Å². The number of hydrogen-bond donors (Lipinski definition) is 0. The van der Waals surface area contributed by atoms with Crippen molar-refractivity contribution in [2.24, 2.45) is 5.41 Å². The molecule has 6 heteroatoms. The molecule has 0 saturated carbocycles. The molecule has 0 amide bonds. The molecule has 0 fully saturated rings. The lowest BCUT2D eigenvalue weighted by atomic mass is 9.80. The molecule has 2 aromatic rings. The fourth-order valence-electron chi connectivity index (χ4n) is 3.82. The molecule has 1 heterocycles. The average molecular weight is 406 g/mol. The highest BCUT2D eigenvalue weighted by molar-refractivity contribution is 6.14. The largest absolute Gasteiger partial charge is 0.465 e. The Bertz CT molecular complexity index is 1040. The minimum Gasteiger partial charge on any atom is -0.465 e. The van der Waals surface area contributed by atoms with Gasteiger partial charge >= 0.3 is 11.9 Å². The highest BCUT2D eigenvalue weighted by Gasteiger charge is 2.56. The van der Waals surface area contributed by atoms with Gasteiger partial charge in [-0.2, -0.15) is 0 Å². The number of esters is 2. The molecule has 0 spiro atoms. The normalized spacial score (nSPS) is 15.2. The molecule has 0 aromatic heterocycles. The van der Waals surface area contributed by atoms with Gasteiger partial charge < -0.3 is 18.9 Å². The first-order valence-corrected chi connectivity index (χ1v) is 9.89. The van der Waals surface area contributed by atoms with Gasteiger partial charge in [-0.15, -0.1) is 5.73 Å². The molecule has 2 aromatic carbocycles. The van der Waals surface area contributed by atoms with Crippen LogP contribution >= 0.6 is 0 Å². The number of hydrogen-bond acceptors (Lipinski definition) is 6. The molecule has 1 aliphatic carbocycles. The van der Waals surface area contributed by atoms with E-state index in [0.29, 0.717) is 17.1 Å². The van der Waals surface area contributed by atoms with Crippen molar-refractivity contribution in [3.63, 3.8) is 0 Å². The van der Waals surface area contributed by atoms with Crippen LogP contribution in [0.1, 0.15) is 30.5 Å². The summed E-state index contributed by atoms with van der Waals surface area (Å²) in [5, 5.41) is 0. The zero-order chi connectivity index (χ0) is 21.1. The van der Waals surface area contributed by atoms with Crippen LogP contribution in [0.15, 0.2) is 48.2 Å². The molecule has 0 N–H and O–H groups in total. The maximum Gasteiger partial charge on any atom is 0.329 e. The van der Waals surface area contributed by atoms with Crippen molar-refractivity contribution in [3.05, 3.63) is 64.9 Å². The molecular formula is C24H22O6. The predicted octanol–water partition coefficient (Wildman–Crippen LogP) is 3.78. The molecule has 2 aliphatic rings. The SMILES string of the molecule is CCOC(=O)C1(C(=O)OCC)Cc2ccccc2C1=C=Cc1ccc2c(c1)OCO2. The second-order valence-corrected chi connectivity index (χ2v) is 6.96. The first-order valence-electron chi connectivity index (χ1n) is 9.89. The van der Waals surface area contributed by atoms with E-state index in [1.54, 1.807) is 19.9 Å². The summed E-state index contributed by atoms with van der Waals surface area (Å²) in [5.41, 5.74) is 4.55. The summed E-state index contributed by atoms with van der Waals surface area (Å²) in [6.45, 7) is 3.94. The maximum atomic E-state index is 13.1. The van der Waals surface area contributed by atoms with Crippen molar-refractivity contribution in [1.29, 1.82) is 0 Å². The number of carbonyl (C=O) groups is 2. The van der Waals surface area contributed by atoms with Gasteiger partial charge in [0, 0.05) is 12.0 Å². The van der Waals surface area contributed by atoms with Gasteiger partial charge in [-0.05, 0) is 48.7 Å². The summed E-state index contributed by atoms with van der Waals surface area (Å²) in [4.78, 5) is 26.2. The number of ether oxygens (including phenoxy) is 4. The van der Waals surface area contributed by atoms with Crippen LogP contribution in [-0.2, 0) is 25.5 Å². The third-order valence-corrected chi connectivity index (χ3v) is 5.20. The number of rotatable bonds is 5. The van der Waals surface area contributed by atoms with Crippen molar-refractivity contribution >= 4 is 23.6 Å². The van der Waals surface area contributed by atoms with Crippen LogP contribution in [0.4, 0.5) is 0 Å². The van der Waals surface area contributed by atoms with Crippen LogP contribution in [0.25, 0.3) is 11.6 Å². The van der Waals surface area contributed by atoms with E-state index in [1.807, 2.05) is 42.5 Å². The van der Waals surface area contributed by atoms with Crippen LogP contribution in [0.2, 0.25) is 0 Å². The van der Waals surface area contributed by atoms with Crippen LogP contribution in [-0.4, -0.2) is 31.9 Å². The van der Waals surface area contributed by atoms with Crippen molar-refractivity contribution in [2.75, 3.05) is 20.0 Å². The Morgan fingerprint density at radius 2 is 1.73 bits per heavy atom. The van der Waals surface area contributed by atoms with Gasteiger partial charge in [-0.25, -0.2) is 0 Å². The van der Waals surface area contributed by atoms with E-state index in [4.69, 9.17) is 18.9 Å². The summed E-state index contributed by atoms with van der Waals surface area (Å²) < 4.78 is 21.4. The Morgan fingerprint density at radius 1 is 1.03 bits per heavy atom. The molecule has 0 bridgehead atoms. The summed E-state index contributed by atoms with van der Waals surface area (Å²) in [7, 11) is 0. The Balaban J connectivity index is 1.88. The van der Waals surface area contributed by atoms with Crippen LogP contribution in [0.5, 0.6) is 11.5 Å². The van der Waals surface area contributed by atoms with Gasteiger partial charge in [0.15, 0.2) is 11.5 Å². The first kappa shape index (κ1) is 19.8. The smallest absolute Gasteiger partial charge is 0.329 e. The predicted molar refractivity (Wildman–Crippen MR) is 110 cm³/mol. The summed E-state index contributed by atoms with van der Waals surface area (Å²) in [6.07, 6.45) is 1.91. The van der Waals surface area contributed by atoms with E-state index >= 15 is 0 Å². The topological polar surface area (TPSA) is 71.1 Å². The third-order valence-electron chi connectivity index (χ3n) is 5.20. The standard InChI is InChI=1S/C24H22O6/c1-3-27-22(25)24(23(26)28-4-2)14-17-7-5-6-8-18(17)19(24)11-9-16-10-12-20-21(13-16)30-15-29-20/h5-10,12-13H,3-4,14-15H2,1-2H3. The van der Waals surface area contributed by atoms with Crippen molar-refractivity contribution in [2.45, 2.75) is 20.3 Å². The zero-order valence-corrected chi connectivity index (χ0v) is 16.9. The van der Waals surface area contributed by atoms with E-state index in [1.165, 1.54) is 0 Å². The minimum atomic E-state index is -1.58. The quantitative estimate of drug-likeness (QED) is 0.428. The highest BCUT2D eigenvalue weighted by Crippen LogP contribution is 2.48. The van der Waals surface area contributed by atoms with Crippen LogP contribution in [0, 0.1) is 5.41 Å². The number of fused-ring (bicyclic) bond motifs is 2. The summed E-state index contributed by atoms with van der Waals surface area (Å²) >= 11 is 0. The van der Waals surface area contributed by atoms with Crippen molar-refractivity contribution in [3.8, 4) is 11.5 Å². The first-order chi connectivity index (χ1) is 14.6. The Kier molecular flexibility index (Phi) is 5.34. The molecule has 30 heavy (non-hydrogen) atoms. The van der Waals surface area contributed by atoms with Crippen molar-refractivity contribution in [1.82, 2.24) is 0 Å². The fraction of sp³-hybridized carbons (Fsp3) is 0.292. The summed E-state index contributed by atoms with van der Waals surface area (Å²) in [5.74, 6) is 0.0744. The fourth-order valence-corrected chi connectivity index (χ4v) is 3.82. The Labute approximate surface area is 174 Å². The number of carbonyl (C=O) groups excluding carboxylic acids is 2. The second kappa shape index (κ2) is 8.09. The van der Waals surface area contributed by atoms with Crippen LogP contribution in [0.3, 0.4) is 0 Å². The molecule has 4 rings (SSSR count). The Morgan fingerprint density at radius 3 is 2.47 bits per heavy atom. The lowest BCUT2D eigenvalue weighted by molar-refractivity contribution is -0.166. The molecule has 0 atom stereocenters. The second-order valence-electron chi connectivity index (χ2n) is 6.96. The van der Waals surface area contributed by atoms with Gasteiger partial charge in [-0.1, -0.05) is 30.3 Å². The Hall–Kier alpha value is -3.50. The molecule has 0 radical (unpaired) electrons. The maximum absolute atomic E-state index is 13.1. The van der Waals surface area contributed by atoms with E-state index in [0.717, 1.165) is 16.7 Å². The van der Waals surface area contributed by atoms with E-state index in [-0.39, 0.29) is 26.4 Å². The molecule has 0 unspecified atom stereocenters. The van der Waals surface area contributed by atoms with Gasteiger partial charge in [-0.3, -0.25) is 9.59 Å². The van der Waals surface area contributed by atoms with E-state index < -0.39 is 17.4 Å². The van der Waals surface area contributed by atoms with Gasteiger partial charge in [0.25, 0.3) is 0 Å². The zero-order valence-electron chi connectivity index (χ0n) is 16.9. The molecule has 6 nitrogen and oxygen atoms in total. The van der Waals surface area contributed by atoms with Gasteiger partial charge in [0.2, 0.25) is 12.2 Å². The minimum absolute atomic E-state index is 0.162. The third kappa shape index (κ3) is 3.25. The summed E-state index contributed by atoms with van der Waals surface area (Å²) in [6, 6.07) is 13.0. The lowest BCUT2D eigenvalue weighted by Gasteiger charge is -2.25. The highest BCUT2D eigenvalue weighted by atomic mass is 16.7. The van der Waals surface area contributed by atoms with E-state index in [9.17, 15) is 9.59 Å². The molecule has 154 valence electrons. The number of benzene rings is 2. The van der Waals surface area contributed by atoms with Crippen molar-refractivity contribution < 1.29 is 28.5 Å². The van der Waals surface area contributed by atoms with Gasteiger partial charge in [0.1, 0.15) is 0 Å². The van der Waals surface area contributed by atoms with Gasteiger partial charge in [0.05, 0.1) is 13.2 Å². The molecular weight excluding hydrogens is 384 g/mol. The molecule has 0 saturated heterocycles. The average Bonchev–Trinajstić information content (AvgIpc) is 3.35.